The number of esters is 1. The van der Waals surface area contributed by atoms with Crippen LogP contribution < -0.4 is 4.74 Å². The summed E-state index contributed by atoms with van der Waals surface area (Å²) in [4.78, 5) is 54.8. The lowest BCUT2D eigenvalue weighted by Crippen LogP contribution is -2.77. The van der Waals surface area contributed by atoms with Crippen molar-refractivity contribution < 1.29 is 72.4 Å². The Hall–Kier alpha value is -3.96. The van der Waals surface area contributed by atoms with Gasteiger partial charge in [0.25, 0.3) is 0 Å². The molecule has 0 spiro atoms. The summed E-state index contributed by atoms with van der Waals surface area (Å²) >= 11 is 0. The first-order valence-electron chi connectivity index (χ1n) is 14.4. The zero-order chi connectivity index (χ0) is 34.7. The summed E-state index contributed by atoms with van der Waals surface area (Å²) in [5.41, 5.74) is -7.41. The van der Waals surface area contributed by atoms with Crippen LogP contribution in [0.25, 0.3) is 10.8 Å². The maximum atomic E-state index is 14.1. The van der Waals surface area contributed by atoms with Crippen molar-refractivity contribution in [3.05, 3.63) is 46.2 Å². The number of carbonyl (C=O) groups is 4. The van der Waals surface area contributed by atoms with E-state index in [9.17, 15) is 34.5 Å². The largest absolute Gasteiger partial charge is 0.507 e. The smallest absolute Gasteiger partial charge is 0.341 e. The maximum absolute atomic E-state index is 14.1. The summed E-state index contributed by atoms with van der Waals surface area (Å²) in [6.45, 7) is 3.19. The molecule has 0 unspecified atom stereocenters. The van der Waals surface area contributed by atoms with Gasteiger partial charge in [0.2, 0.25) is 34.8 Å². The van der Waals surface area contributed by atoms with Gasteiger partial charge in [0.15, 0.2) is 6.10 Å². The van der Waals surface area contributed by atoms with Gasteiger partial charge < -0.3 is 53.2 Å². The number of fused-ring (bicyclic) bond motifs is 3. The predicted molar refractivity (Wildman–Crippen MR) is 158 cm³/mol. The molecule has 0 saturated carbocycles. The molecule has 15 heteroatoms. The van der Waals surface area contributed by atoms with Crippen LogP contribution in [0, 0.1) is 6.92 Å². The maximum Gasteiger partial charge on any atom is 0.341 e. The highest BCUT2D eigenvalue weighted by Crippen LogP contribution is 2.50. The molecule has 5 rings (SSSR count). The molecule has 0 bridgehead atoms. The molecular formula is C32H36O15. The number of hydrogen-bond acceptors (Lipinski definition) is 15. The molecule has 0 radical (unpaired) electrons. The first-order chi connectivity index (χ1) is 22.2. The third-order valence-electron chi connectivity index (χ3n) is 9.29. The Labute approximate surface area is 268 Å². The third-order valence-corrected chi connectivity index (χ3v) is 9.29. The van der Waals surface area contributed by atoms with E-state index in [1.807, 2.05) is 0 Å². The average molecular weight is 661 g/mol. The molecule has 1 heterocycles. The molecular weight excluding hydrogens is 624 g/mol. The Morgan fingerprint density at radius 3 is 2.13 bits per heavy atom. The molecule has 8 atom stereocenters. The fourth-order valence-corrected chi connectivity index (χ4v) is 6.98. The second-order valence-corrected chi connectivity index (χ2v) is 11.4. The fourth-order valence-electron chi connectivity index (χ4n) is 6.98. The lowest BCUT2D eigenvalue weighted by atomic mass is 9.60. The minimum absolute atomic E-state index is 0.0679. The van der Waals surface area contributed by atoms with E-state index < -0.39 is 94.0 Å². The van der Waals surface area contributed by atoms with Crippen LogP contribution in [0.3, 0.4) is 0 Å². The van der Waals surface area contributed by atoms with E-state index in [1.165, 1.54) is 40.4 Å². The highest BCUT2D eigenvalue weighted by molar-refractivity contribution is 6.35. The van der Waals surface area contributed by atoms with E-state index in [0.29, 0.717) is 0 Å². The summed E-state index contributed by atoms with van der Waals surface area (Å²) < 4.78 is 44.4. The van der Waals surface area contributed by atoms with E-state index in [2.05, 4.69) is 0 Å². The lowest BCUT2D eigenvalue weighted by molar-refractivity contribution is -0.282. The second kappa shape index (κ2) is 12.2. The van der Waals surface area contributed by atoms with Crippen LogP contribution in [-0.4, -0.2) is 129 Å². The first-order valence-corrected chi connectivity index (χ1v) is 14.4. The van der Waals surface area contributed by atoms with Gasteiger partial charge >= 0.3 is 5.97 Å². The number of ketones is 3. The minimum atomic E-state index is -3.17. The van der Waals surface area contributed by atoms with Gasteiger partial charge in [0.1, 0.15) is 41.1 Å². The normalized spacial score (nSPS) is 32.0. The molecule has 2 aromatic rings. The summed E-state index contributed by atoms with van der Waals surface area (Å²) in [6.07, 6.45) is -5.21. The fraction of sp³-hybridized carbons (Fsp3) is 0.500. The van der Waals surface area contributed by atoms with Crippen LogP contribution in [0.1, 0.15) is 43.6 Å². The van der Waals surface area contributed by atoms with Crippen LogP contribution >= 0.6 is 0 Å². The predicted octanol–water partition coefficient (Wildman–Crippen LogP) is 0.778. The van der Waals surface area contributed by atoms with Crippen molar-refractivity contribution in [1.82, 2.24) is 0 Å². The van der Waals surface area contributed by atoms with Crippen molar-refractivity contribution in [2.45, 2.75) is 61.9 Å². The van der Waals surface area contributed by atoms with E-state index in [0.717, 1.165) is 27.4 Å². The van der Waals surface area contributed by atoms with Crippen LogP contribution in [0.4, 0.5) is 0 Å². The number of Topliss-reactive ketones (excluding diaryl/α,β-unsaturated/α-hetero) is 2. The van der Waals surface area contributed by atoms with Crippen molar-refractivity contribution in [2.24, 2.45) is 0 Å². The van der Waals surface area contributed by atoms with Crippen molar-refractivity contribution in [3.8, 4) is 11.5 Å². The summed E-state index contributed by atoms with van der Waals surface area (Å²) in [5.74, 6) is -6.03. The molecule has 15 nitrogen and oxygen atoms in total. The number of carbonyl (C=O) groups excluding carboxylic acids is 4. The van der Waals surface area contributed by atoms with E-state index >= 15 is 0 Å². The van der Waals surface area contributed by atoms with Gasteiger partial charge in [-0.3, -0.25) is 14.4 Å². The molecule has 1 fully saturated rings. The van der Waals surface area contributed by atoms with Crippen LogP contribution in [0.15, 0.2) is 24.0 Å². The highest BCUT2D eigenvalue weighted by atomic mass is 16.7. The van der Waals surface area contributed by atoms with Gasteiger partial charge in [-0.2, -0.15) is 0 Å². The first kappa shape index (κ1) is 34.4. The monoisotopic (exact) mass is 660 g/mol. The Bertz CT molecular complexity index is 1700. The van der Waals surface area contributed by atoms with Gasteiger partial charge in [-0.05, 0) is 36.9 Å². The molecule has 1 aliphatic heterocycles. The van der Waals surface area contributed by atoms with Crippen LogP contribution in [-0.2, 0) is 38.0 Å². The quantitative estimate of drug-likeness (QED) is 0.265. The van der Waals surface area contributed by atoms with Crippen molar-refractivity contribution in [3.63, 3.8) is 0 Å². The summed E-state index contributed by atoms with van der Waals surface area (Å²) in [5, 5.41) is 34.5. The number of aromatic hydroxyl groups is 1. The van der Waals surface area contributed by atoms with Gasteiger partial charge in [-0.1, -0.05) is 0 Å². The topological polar surface area (TPSA) is 203 Å². The number of benzene rings is 2. The van der Waals surface area contributed by atoms with Crippen molar-refractivity contribution >= 4 is 34.1 Å². The summed E-state index contributed by atoms with van der Waals surface area (Å²) in [6, 6.07) is 2.48. The number of aryl methyl sites for hydroxylation is 1. The number of hydrogen-bond donors (Lipinski definition) is 3. The number of aliphatic hydroxyl groups is 2. The number of methoxy groups -OCH3 is 6. The third kappa shape index (κ3) is 4.53. The number of phenolic OH excluding ortho intramolecular Hbond substituents is 1. The van der Waals surface area contributed by atoms with E-state index in [-0.39, 0.29) is 27.6 Å². The minimum Gasteiger partial charge on any atom is -0.507 e. The van der Waals surface area contributed by atoms with Crippen molar-refractivity contribution in [1.29, 1.82) is 0 Å². The molecule has 47 heavy (non-hydrogen) atoms. The lowest BCUT2D eigenvalue weighted by Gasteiger charge is -2.49. The van der Waals surface area contributed by atoms with Gasteiger partial charge in [-0.15, -0.1) is 0 Å². The molecule has 0 aromatic heterocycles. The SMILES string of the molecule is COC(=O)c1c(O[C@@H]2O[C@H](C)[C@H](OC)[C@@H](OC)[C@H]2OC)cc2cc3c(c(O)c2c1C)C(=O)[C@]1(OC)C(=O)C=C(OC)[C@H](O)[C@]1(O)C3=O. The highest BCUT2D eigenvalue weighted by Gasteiger charge is 2.74. The molecule has 254 valence electrons. The van der Waals surface area contributed by atoms with E-state index in [1.54, 1.807) is 6.92 Å². The molecule has 1 saturated heterocycles. The second-order valence-electron chi connectivity index (χ2n) is 11.4. The molecule has 2 aliphatic carbocycles. The van der Waals surface area contributed by atoms with Gasteiger partial charge in [-0.25, -0.2) is 4.79 Å². The zero-order valence-corrected chi connectivity index (χ0v) is 26.9. The van der Waals surface area contributed by atoms with Crippen LogP contribution in [0.5, 0.6) is 11.5 Å². The zero-order valence-electron chi connectivity index (χ0n) is 26.9. The number of rotatable bonds is 8. The number of aliphatic hydroxyl groups excluding tert-OH is 1. The number of ether oxygens (including phenoxy) is 8. The molecule has 0 amide bonds. The number of phenols is 1. The Morgan fingerprint density at radius 2 is 1.57 bits per heavy atom. The van der Waals surface area contributed by atoms with Gasteiger partial charge in [0.05, 0.1) is 25.9 Å². The Kier molecular flexibility index (Phi) is 8.96. The standard InChI is InChI=1S/C32H36O15/c1-12-19-14(10-16(20(12)29(38)44-7)47-30-25(43-6)24(42-5)23(41-4)13(2)46-30)9-15-21(22(19)34)28(37)32(45-8)18(33)11-17(40-3)27(36)31(32,39)26(15)35/h9-11,13,23-25,27,30,34,36,39H,1-8H3/t13-,23+,24-,25-,27+,30+,31-,32-/m1/s1. The van der Waals surface area contributed by atoms with Gasteiger partial charge in [0, 0.05) is 45.5 Å². The molecule has 3 aliphatic rings. The Morgan fingerprint density at radius 1 is 0.936 bits per heavy atom. The molecule has 3 N–H and O–H groups in total. The molecule has 2 aromatic carbocycles. The Balaban J connectivity index is 1.75. The van der Waals surface area contributed by atoms with Crippen molar-refractivity contribution in [2.75, 3.05) is 42.7 Å². The van der Waals surface area contributed by atoms with E-state index in [4.69, 9.17) is 37.9 Å². The average Bonchev–Trinajstić information content (AvgIpc) is 3.04. The van der Waals surface area contributed by atoms with Crippen LogP contribution in [0.2, 0.25) is 0 Å². The summed E-state index contributed by atoms with van der Waals surface area (Å²) in [7, 11) is 7.52.